The summed E-state index contributed by atoms with van der Waals surface area (Å²) in [6.45, 7) is 2.37. The van der Waals surface area contributed by atoms with Crippen LogP contribution in [0, 0.1) is 0 Å². The zero-order valence-corrected chi connectivity index (χ0v) is 11.1. The summed E-state index contributed by atoms with van der Waals surface area (Å²) in [5.41, 5.74) is 0.922. The molecule has 2 aromatic rings. The van der Waals surface area contributed by atoms with Crippen LogP contribution in [0.2, 0.25) is 0 Å². The number of nitrogens with zero attached hydrogens (tertiary/aromatic N) is 2. The Bertz CT molecular complexity index is 591. The molecule has 4 nitrogen and oxygen atoms in total. The Morgan fingerprint density at radius 2 is 2.00 bits per heavy atom. The molecule has 0 aliphatic carbocycles. The minimum absolute atomic E-state index is 0.0112. The maximum absolute atomic E-state index is 12.7. The van der Waals surface area contributed by atoms with Crippen molar-refractivity contribution < 1.29 is 18.3 Å². The van der Waals surface area contributed by atoms with Gasteiger partial charge in [-0.2, -0.15) is 8.78 Å². The summed E-state index contributed by atoms with van der Waals surface area (Å²) in [6.07, 6.45) is -0.877. The minimum atomic E-state index is -3.51. The second kappa shape index (κ2) is 5.40. The Balaban J connectivity index is 2.27. The van der Waals surface area contributed by atoms with Gasteiger partial charge in [-0.05, 0) is 12.5 Å². The van der Waals surface area contributed by atoms with E-state index in [-0.39, 0.29) is 11.7 Å². The van der Waals surface area contributed by atoms with Crippen molar-refractivity contribution in [2.75, 3.05) is 0 Å². The number of aromatic nitrogens is 2. The number of benzene rings is 1. The van der Waals surface area contributed by atoms with Gasteiger partial charge in [-0.15, -0.1) is 0 Å². The average Bonchev–Trinajstić information content (AvgIpc) is 2.86. The maximum Gasteiger partial charge on any atom is 0.397 e. The van der Waals surface area contributed by atoms with E-state index in [9.17, 15) is 13.6 Å². The quantitative estimate of drug-likeness (QED) is 0.807. The first-order valence-corrected chi connectivity index (χ1v) is 6.06. The van der Waals surface area contributed by atoms with E-state index in [1.165, 1.54) is 17.1 Å². The van der Waals surface area contributed by atoms with Crippen molar-refractivity contribution in [1.29, 1.82) is 0 Å². The van der Waals surface area contributed by atoms with Crippen LogP contribution in [0.1, 0.15) is 35.9 Å². The van der Waals surface area contributed by atoms with Gasteiger partial charge in [-0.1, -0.05) is 30.3 Å². The Labute approximate surface area is 115 Å². The number of rotatable bonds is 4. The van der Waals surface area contributed by atoms with Crippen molar-refractivity contribution >= 4 is 5.97 Å². The molecule has 106 valence electrons. The van der Waals surface area contributed by atoms with Gasteiger partial charge in [-0.25, -0.2) is 9.78 Å². The maximum atomic E-state index is 12.7. The van der Waals surface area contributed by atoms with Crippen LogP contribution in [0.15, 0.2) is 42.9 Å². The highest BCUT2D eigenvalue weighted by molar-refractivity contribution is 5.87. The van der Waals surface area contributed by atoms with Gasteiger partial charge < -0.3 is 9.30 Å². The smallest absolute Gasteiger partial charge is 0.396 e. The highest BCUT2D eigenvalue weighted by Gasteiger charge is 2.29. The van der Waals surface area contributed by atoms with Crippen LogP contribution in [0.3, 0.4) is 0 Å². The fourth-order valence-electron chi connectivity index (χ4n) is 1.88. The summed E-state index contributed by atoms with van der Waals surface area (Å²) in [4.78, 5) is 15.6. The van der Waals surface area contributed by atoms with Gasteiger partial charge in [0, 0.05) is 6.92 Å². The molecular weight excluding hydrogens is 266 g/mol. The van der Waals surface area contributed by atoms with Crippen molar-refractivity contribution in [2.24, 2.45) is 0 Å². The van der Waals surface area contributed by atoms with E-state index >= 15 is 0 Å². The lowest BCUT2D eigenvalue weighted by molar-refractivity contribution is -0.185. The van der Waals surface area contributed by atoms with Crippen molar-refractivity contribution in [2.45, 2.75) is 26.0 Å². The third-order valence-corrected chi connectivity index (χ3v) is 2.85. The van der Waals surface area contributed by atoms with E-state index in [0.29, 0.717) is 6.92 Å². The molecule has 6 heteroatoms. The largest absolute Gasteiger partial charge is 0.397 e. The van der Waals surface area contributed by atoms with Crippen LogP contribution in [0.5, 0.6) is 0 Å². The van der Waals surface area contributed by atoms with Crippen LogP contribution >= 0.6 is 0 Å². The van der Waals surface area contributed by atoms with Crippen LogP contribution in [0.4, 0.5) is 8.78 Å². The molecule has 0 amide bonds. The van der Waals surface area contributed by atoms with Gasteiger partial charge in [0.15, 0.2) is 0 Å². The number of alkyl halides is 2. The van der Waals surface area contributed by atoms with Crippen molar-refractivity contribution in [3.8, 4) is 0 Å². The Hall–Kier alpha value is -2.24. The molecule has 0 N–H and O–H groups in total. The fourth-order valence-corrected chi connectivity index (χ4v) is 1.88. The normalized spacial score (nSPS) is 13.0. The molecule has 20 heavy (non-hydrogen) atoms. The SMILES string of the molecule is CC(c1ccccc1)n1cncc1C(=O)OC(C)(F)F. The third-order valence-electron chi connectivity index (χ3n) is 2.85. The lowest BCUT2D eigenvalue weighted by Gasteiger charge is -2.17. The molecular formula is C14H14F2N2O2. The summed E-state index contributed by atoms with van der Waals surface area (Å²) >= 11 is 0. The van der Waals surface area contributed by atoms with Crippen molar-refractivity contribution in [3.05, 3.63) is 54.1 Å². The minimum Gasteiger partial charge on any atom is -0.396 e. The molecule has 0 aliphatic rings. The van der Waals surface area contributed by atoms with E-state index in [4.69, 9.17) is 0 Å². The summed E-state index contributed by atoms with van der Waals surface area (Å²) in [7, 11) is 0. The number of hydrogen-bond acceptors (Lipinski definition) is 3. The van der Waals surface area contributed by atoms with E-state index in [1.54, 1.807) is 0 Å². The number of carbonyl (C=O) groups is 1. The fraction of sp³-hybridized carbons (Fsp3) is 0.286. The molecule has 0 aliphatic heterocycles. The summed E-state index contributed by atoms with van der Waals surface area (Å²) < 4.78 is 31.1. The summed E-state index contributed by atoms with van der Waals surface area (Å²) in [5.74, 6) is -1.10. The molecule has 1 heterocycles. The Morgan fingerprint density at radius 3 is 2.60 bits per heavy atom. The molecule has 0 radical (unpaired) electrons. The number of halogens is 2. The topological polar surface area (TPSA) is 44.1 Å². The Morgan fingerprint density at radius 1 is 1.35 bits per heavy atom. The zero-order valence-electron chi connectivity index (χ0n) is 11.1. The van der Waals surface area contributed by atoms with Crippen LogP contribution in [0.25, 0.3) is 0 Å². The number of imidazole rings is 1. The molecule has 1 unspecified atom stereocenters. The van der Waals surface area contributed by atoms with E-state index < -0.39 is 12.1 Å². The average molecular weight is 280 g/mol. The number of hydrogen-bond donors (Lipinski definition) is 0. The first kappa shape index (κ1) is 14.2. The lowest BCUT2D eigenvalue weighted by atomic mass is 10.1. The molecule has 0 fully saturated rings. The molecule has 1 aromatic carbocycles. The van der Waals surface area contributed by atoms with Gasteiger partial charge in [-0.3, -0.25) is 0 Å². The van der Waals surface area contributed by atoms with Gasteiger partial charge in [0.2, 0.25) is 0 Å². The predicted octanol–water partition coefficient (Wildman–Crippen LogP) is 3.26. The van der Waals surface area contributed by atoms with Crippen molar-refractivity contribution in [3.63, 3.8) is 0 Å². The number of esters is 1. The molecule has 1 atom stereocenters. The first-order valence-electron chi connectivity index (χ1n) is 6.06. The molecule has 0 saturated carbocycles. The lowest BCUT2D eigenvalue weighted by Crippen LogP contribution is -2.23. The van der Waals surface area contributed by atoms with E-state index in [2.05, 4.69) is 9.72 Å². The van der Waals surface area contributed by atoms with Gasteiger partial charge in [0.05, 0.1) is 18.6 Å². The van der Waals surface area contributed by atoms with Crippen LogP contribution < -0.4 is 0 Å². The monoisotopic (exact) mass is 280 g/mol. The molecule has 0 bridgehead atoms. The van der Waals surface area contributed by atoms with Gasteiger partial charge in [0.1, 0.15) is 5.69 Å². The second-order valence-corrected chi connectivity index (χ2v) is 4.47. The number of carbonyl (C=O) groups excluding carboxylic acids is 1. The summed E-state index contributed by atoms with van der Waals surface area (Å²) in [5, 5.41) is 0. The Kier molecular flexibility index (Phi) is 3.83. The first-order chi connectivity index (χ1) is 9.38. The third kappa shape index (κ3) is 3.20. The molecule has 0 saturated heterocycles. The highest BCUT2D eigenvalue weighted by atomic mass is 19.3. The summed E-state index contributed by atoms with van der Waals surface area (Å²) in [6, 6.07) is 9.15. The zero-order chi connectivity index (χ0) is 14.8. The van der Waals surface area contributed by atoms with E-state index in [0.717, 1.165) is 5.56 Å². The standard InChI is InChI=1S/C14H14F2N2O2/c1-10(11-6-4-3-5-7-11)18-9-17-8-12(18)13(19)20-14(2,15)16/h3-10H,1-2H3. The number of ether oxygens (including phenoxy) is 1. The van der Waals surface area contributed by atoms with Gasteiger partial charge in [0.25, 0.3) is 0 Å². The van der Waals surface area contributed by atoms with Crippen LogP contribution in [-0.2, 0) is 4.74 Å². The molecule has 1 aromatic heterocycles. The highest BCUT2D eigenvalue weighted by Crippen LogP contribution is 2.22. The van der Waals surface area contributed by atoms with Gasteiger partial charge >= 0.3 is 12.1 Å². The molecule has 0 spiro atoms. The second-order valence-electron chi connectivity index (χ2n) is 4.47. The predicted molar refractivity (Wildman–Crippen MR) is 68.5 cm³/mol. The van der Waals surface area contributed by atoms with E-state index in [1.807, 2.05) is 37.3 Å². The van der Waals surface area contributed by atoms with Crippen molar-refractivity contribution in [1.82, 2.24) is 9.55 Å². The molecule has 2 rings (SSSR count). The van der Waals surface area contributed by atoms with Crippen LogP contribution in [-0.4, -0.2) is 21.6 Å².